The molecule has 3 heterocycles. The van der Waals surface area contributed by atoms with E-state index in [9.17, 15) is 0 Å². The minimum Gasteiger partial charge on any atom is -0.275 e. The lowest BCUT2D eigenvalue weighted by molar-refractivity contribution is 1.04. The Morgan fingerprint density at radius 2 is 2.10 bits per heavy atom. The molecule has 0 aliphatic rings. The summed E-state index contributed by atoms with van der Waals surface area (Å²) >= 11 is 2.21. The molecule has 20 heavy (non-hydrogen) atoms. The maximum absolute atomic E-state index is 4.68. The number of H-pyrrole nitrogens is 1. The molecule has 0 saturated carbocycles. The van der Waals surface area contributed by atoms with E-state index in [4.69, 9.17) is 0 Å². The van der Waals surface area contributed by atoms with E-state index in [0.717, 1.165) is 37.4 Å². The predicted molar refractivity (Wildman–Crippen MR) is 86.3 cm³/mol. The second-order valence-electron chi connectivity index (χ2n) is 4.40. The van der Waals surface area contributed by atoms with Crippen molar-refractivity contribution in [1.82, 2.24) is 25.1 Å². The fourth-order valence-corrected chi connectivity index (χ4v) is 2.55. The van der Waals surface area contributed by atoms with Gasteiger partial charge in [-0.2, -0.15) is 5.10 Å². The number of hydrogen-bond acceptors (Lipinski definition) is 4. The number of hydrogen-bond donors (Lipinski definition) is 1. The van der Waals surface area contributed by atoms with Crippen molar-refractivity contribution in [3.05, 3.63) is 46.3 Å². The molecule has 100 valence electrons. The molecule has 5 nitrogen and oxygen atoms in total. The van der Waals surface area contributed by atoms with Gasteiger partial charge in [-0.15, -0.1) is 6.58 Å². The van der Waals surface area contributed by atoms with E-state index < -0.39 is 0 Å². The van der Waals surface area contributed by atoms with Crippen molar-refractivity contribution in [3.63, 3.8) is 0 Å². The molecule has 0 spiro atoms. The third-order valence-electron chi connectivity index (χ3n) is 3.00. The second-order valence-corrected chi connectivity index (χ2v) is 5.42. The zero-order valence-electron chi connectivity index (χ0n) is 10.9. The van der Waals surface area contributed by atoms with Crippen LogP contribution in [0.25, 0.3) is 22.2 Å². The van der Waals surface area contributed by atoms with Crippen molar-refractivity contribution in [1.29, 1.82) is 0 Å². The molecule has 0 atom stereocenters. The van der Waals surface area contributed by atoms with Crippen molar-refractivity contribution in [2.75, 3.05) is 0 Å². The number of aromatic amines is 1. The van der Waals surface area contributed by atoms with Gasteiger partial charge in [-0.05, 0) is 35.6 Å². The van der Waals surface area contributed by atoms with Crippen LogP contribution in [0.2, 0.25) is 0 Å². The second kappa shape index (κ2) is 5.28. The number of allylic oxidation sites excluding steroid dienone is 1. The van der Waals surface area contributed by atoms with Gasteiger partial charge in [0.15, 0.2) is 0 Å². The van der Waals surface area contributed by atoms with Crippen LogP contribution >= 0.6 is 22.6 Å². The lowest BCUT2D eigenvalue weighted by Gasteiger charge is -2.05. The lowest BCUT2D eigenvalue weighted by atomic mass is 10.1. The predicted octanol–water partition coefficient (Wildman–Crippen LogP) is 3.06. The molecular formula is C14H12IN5. The summed E-state index contributed by atoms with van der Waals surface area (Å²) in [5, 5.41) is 8.34. The first kappa shape index (κ1) is 13.2. The van der Waals surface area contributed by atoms with Crippen LogP contribution in [-0.2, 0) is 6.42 Å². The van der Waals surface area contributed by atoms with Gasteiger partial charge >= 0.3 is 0 Å². The maximum atomic E-state index is 4.68. The van der Waals surface area contributed by atoms with Gasteiger partial charge < -0.3 is 0 Å². The average Bonchev–Trinajstić information content (AvgIpc) is 2.82. The number of nitrogens with one attached hydrogen (secondary N) is 1. The fourth-order valence-electron chi connectivity index (χ4n) is 2.01. The number of halogens is 1. The smallest absolute Gasteiger partial charge is 0.131 e. The van der Waals surface area contributed by atoms with Gasteiger partial charge in [-0.1, -0.05) is 6.08 Å². The molecule has 0 fully saturated rings. The highest BCUT2D eigenvalue weighted by molar-refractivity contribution is 14.1. The molecule has 0 aliphatic carbocycles. The monoisotopic (exact) mass is 377 g/mol. The number of rotatable bonds is 3. The summed E-state index contributed by atoms with van der Waals surface area (Å²) in [5.74, 6) is 0.749. The van der Waals surface area contributed by atoms with E-state index in [2.05, 4.69) is 54.3 Å². The molecule has 0 unspecified atom stereocenters. The molecule has 3 aromatic rings. The molecule has 3 rings (SSSR count). The Morgan fingerprint density at radius 3 is 2.80 bits per heavy atom. The maximum Gasteiger partial charge on any atom is 0.131 e. The molecule has 0 aliphatic heterocycles. The van der Waals surface area contributed by atoms with Gasteiger partial charge in [0.25, 0.3) is 0 Å². The first-order valence-electron chi connectivity index (χ1n) is 6.12. The Kier molecular flexibility index (Phi) is 3.47. The summed E-state index contributed by atoms with van der Waals surface area (Å²) in [6.07, 6.45) is 6.11. The molecule has 1 N–H and O–H groups in total. The molecule has 3 aromatic heterocycles. The van der Waals surface area contributed by atoms with Gasteiger partial charge in [0, 0.05) is 29.8 Å². The Morgan fingerprint density at radius 1 is 1.35 bits per heavy atom. The van der Waals surface area contributed by atoms with Crippen LogP contribution in [0.3, 0.4) is 0 Å². The van der Waals surface area contributed by atoms with Crippen LogP contribution in [0.15, 0.2) is 31.1 Å². The molecule has 0 aromatic carbocycles. The van der Waals surface area contributed by atoms with E-state index in [1.807, 2.05) is 19.1 Å². The zero-order chi connectivity index (χ0) is 14.1. The minimum absolute atomic E-state index is 0.690. The first-order chi connectivity index (χ1) is 9.69. The standard InChI is InChI=1S/C14H12IN5/c1-3-4-11-13-10(14(15)20-19-13)5-12(18-11)9-6-16-8(2)17-7-9/h3,5-7H,1,4H2,2H3,(H,19,20). The summed E-state index contributed by atoms with van der Waals surface area (Å²) in [7, 11) is 0. The number of aromatic nitrogens is 5. The van der Waals surface area contributed by atoms with Crippen LogP contribution in [0, 0.1) is 10.6 Å². The van der Waals surface area contributed by atoms with Crippen LogP contribution in [-0.4, -0.2) is 25.1 Å². The summed E-state index contributed by atoms with van der Waals surface area (Å²) in [6, 6.07) is 2.02. The number of fused-ring (bicyclic) bond motifs is 1. The third kappa shape index (κ3) is 2.31. The minimum atomic E-state index is 0.690. The van der Waals surface area contributed by atoms with E-state index in [1.54, 1.807) is 12.4 Å². The third-order valence-corrected chi connectivity index (χ3v) is 3.82. The Hall–Kier alpha value is -1.83. The van der Waals surface area contributed by atoms with Gasteiger partial charge in [-0.25, -0.2) is 9.97 Å². The Bertz CT molecular complexity index is 776. The van der Waals surface area contributed by atoms with E-state index in [0.29, 0.717) is 6.42 Å². The fraction of sp³-hybridized carbons (Fsp3) is 0.143. The molecule has 0 amide bonds. The summed E-state index contributed by atoms with van der Waals surface area (Å²) in [6.45, 7) is 5.65. The van der Waals surface area contributed by atoms with E-state index >= 15 is 0 Å². The van der Waals surface area contributed by atoms with Crippen molar-refractivity contribution >= 4 is 33.5 Å². The van der Waals surface area contributed by atoms with Crippen LogP contribution in [0.5, 0.6) is 0 Å². The quantitative estimate of drug-likeness (QED) is 0.563. The molecule has 6 heteroatoms. The lowest BCUT2D eigenvalue weighted by Crippen LogP contribution is -1.95. The highest BCUT2D eigenvalue weighted by Gasteiger charge is 2.12. The number of pyridine rings is 1. The highest BCUT2D eigenvalue weighted by atomic mass is 127. The van der Waals surface area contributed by atoms with E-state index in [1.165, 1.54) is 0 Å². The van der Waals surface area contributed by atoms with Crippen molar-refractivity contribution < 1.29 is 0 Å². The van der Waals surface area contributed by atoms with E-state index in [-0.39, 0.29) is 0 Å². The summed E-state index contributed by atoms with van der Waals surface area (Å²) in [4.78, 5) is 13.1. The van der Waals surface area contributed by atoms with Gasteiger partial charge in [0.2, 0.25) is 0 Å². The Balaban J connectivity index is 2.22. The Labute approximate surface area is 129 Å². The zero-order valence-corrected chi connectivity index (χ0v) is 13.0. The number of aryl methyl sites for hydroxylation is 1. The van der Waals surface area contributed by atoms with Gasteiger partial charge in [0.1, 0.15) is 9.53 Å². The highest BCUT2D eigenvalue weighted by Crippen LogP contribution is 2.26. The molecular weight excluding hydrogens is 365 g/mol. The molecule has 0 radical (unpaired) electrons. The van der Waals surface area contributed by atoms with Crippen LogP contribution < -0.4 is 0 Å². The molecule has 0 bridgehead atoms. The van der Waals surface area contributed by atoms with Crippen molar-refractivity contribution in [2.45, 2.75) is 13.3 Å². The normalized spacial score (nSPS) is 10.9. The molecule has 0 saturated heterocycles. The summed E-state index contributed by atoms with van der Waals surface area (Å²) in [5.41, 5.74) is 3.66. The van der Waals surface area contributed by atoms with Crippen LogP contribution in [0.1, 0.15) is 11.5 Å². The SMILES string of the molecule is C=CCc1nc(-c2cnc(C)nc2)cc2c(I)n[nH]c12. The largest absolute Gasteiger partial charge is 0.275 e. The van der Waals surface area contributed by atoms with Crippen molar-refractivity contribution in [2.24, 2.45) is 0 Å². The van der Waals surface area contributed by atoms with Gasteiger partial charge in [-0.3, -0.25) is 10.1 Å². The number of nitrogens with zero attached hydrogens (tertiary/aromatic N) is 4. The van der Waals surface area contributed by atoms with Crippen molar-refractivity contribution in [3.8, 4) is 11.3 Å². The first-order valence-corrected chi connectivity index (χ1v) is 7.20. The summed E-state index contributed by atoms with van der Waals surface area (Å²) < 4.78 is 0.930. The van der Waals surface area contributed by atoms with Crippen LogP contribution in [0.4, 0.5) is 0 Å². The van der Waals surface area contributed by atoms with Gasteiger partial charge in [0.05, 0.1) is 16.9 Å². The topological polar surface area (TPSA) is 67.3 Å². The average molecular weight is 377 g/mol.